The van der Waals surface area contributed by atoms with E-state index in [0.717, 1.165) is 23.5 Å². The molecular weight excluding hydrogens is 294 g/mol. The van der Waals surface area contributed by atoms with Crippen molar-refractivity contribution in [2.45, 2.75) is 25.3 Å². The summed E-state index contributed by atoms with van der Waals surface area (Å²) in [4.78, 5) is 22.7. The third-order valence-corrected chi connectivity index (χ3v) is 4.38. The van der Waals surface area contributed by atoms with Crippen molar-refractivity contribution >= 4 is 17.2 Å². The van der Waals surface area contributed by atoms with E-state index in [1.165, 1.54) is 6.08 Å². The second kappa shape index (κ2) is 6.00. The number of hydrogen-bond donors (Lipinski definition) is 1. The highest BCUT2D eigenvalue weighted by Gasteiger charge is 2.37. The van der Waals surface area contributed by atoms with Gasteiger partial charge >= 0.3 is 0 Å². The Kier molecular flexibility index (Phi) is 4.04. The Balaban J connectivity index is 1.98. The highest BCUT2D eigenvalue weighted by molar-refractivity contribution is 5.87. The minimum Gasteiger partial charge on any atom is -0.383 e. The molecule has 2 atom stereocenters. The first-order chi connectivity index (χ1) is 11.1. The van der Waals surface area contributed by atoms with Crippen LogP contribution in [0.5, 0.6) is 0 Å². The summed E-state index contributed by atoms with van der Waals surface area (Å²) < 4.78 is 7.24. The van der Waals surface area contributed by atoms with Gasteiger partial charge < -0.3 is 15.4 Å². The first-order valence-corrected chi connectivity index (χ1v) is 7.57. The molecule has 3 heterocycles. The first kappa shape index (κ1) is 15.5. The molecule has 0 bridgehead atoms. The molecule has 1 unspecified atom stereocenters. The predicted molar refractivity (Wildman–Crippen MR) is 87.1 cm³/mol. The molecule has 1 saturated heterocycles. The number of rotatable bonds is 4. The van der Waals surface area contributed by atoms with E-state index in [-0.39, 0.29) is 17.9 Å². The maximum absolute atomic E-state index is 12.1. The highest BCUT2D eigenvalue weighted by atomic mass is 16.5. The number of anilines is 1. The first-order valence-electron chi connectivity index (χ1n) is 7.57. The van der Waals surface area contributed by atoms with Crippen molar-refractivity contribution in [3.8, 4) is 0 Å². The molecule has 122 valence electrons. The van der Waals surface area contributed by atoms with Crippen molar-refractivity contribution < 1.29 is 9.53 Å². The molecule has 0 saturated carbocycles. The third kappa shape index (κ3) is 2.57. The average molecular weight is 315 g/mol. The van der Waals surface area contributed by atoms with Gasteiger partial charge in [-0.1, -0.05) is 6.58 Å². The van der Waals surface area contributed by atoms with Crippen LogP contribution in [0.1, 0.15) is 23.9 Å². The van der Waals surface area contributed by atoms with Crippen LogP contribution in [0.4, 0.5) is 5.82 Å². The largest absolute Gasteiger partial charge is 0.383 e. The number of imidazole rings is 1. The SMILES string of the molecule is C=CC(=O)N1CC(c2nc(C)c3c(N)nccn23)C[C@@H]1COC. The van der Waals surface area contributed by atoms with Crippen LogP contribution in [0.15, 0.2) is 25.0 Å². The summed E-state index contributed by atoms with van der Waals surface area (Å²) in [5, 5.41) is 0. The highest BCUT2D eigenvalue weighted by Crippen LogP contribution is 2.33. The number of methoxy groups -OCH3 is 1. The van der Waals surface area contributed by atoms with Gasteiger partial charge in [0, 0.05) is 32.0 Å². The normalized spacial score (nSPS) is 21.0. The van der Waals surface area contributed by atoms with Crippen LogP contribution >= 0.6 is 0 Å². The van der Waals surface area contributed by atoms with Crippen LogP contribution in [-0.4, -0.2) is 51.5 Å². The fraction of sp³-hybridized carbons (Fsp3) is 0.438. The molecule has 3 rings (SSSR count). The van der Waals surface area contributed by atoms with E-state index in [9.17, 15) is 4.79 Å². The van der Waals surface area contributed by atoms with Crippen LogP contribution in [0.25, 0.3) is 5.52 Å². The topological polar surface area (TPSA) is 85.8 Å². The number of aromatic nitrogens is 3. The number of hydrogen-bond acceptors (Lipinski definition) is 5. The van der Waals surface area contributed by atoms with Gasteiger partial charge in [-0.3, -0.25) is 9.20 Å². The lowest BCUT2D eigenvalue weighted by Crippen LogP contribution is -2.37. The van der Waals surface area contributed by atoms with Crippen molar-refractivity contribution in [3.63, 3.8) is 0 Å². The number of ether oxygens (including phenoxy) is 1. The molecule has 1 aliphatic heterocycles. The van der Waals surface area contributed by atoms with Crippen LogP contribution < -0.4 is 5.73 Å². The van der Waals surface area contributed by atoms with Gasteiger partial charge in [-0.15, -0.1) is 0 Å². The Morgan fingerprint density at radius 2 is 2.39 bits per heavy atom. The van der Waals surface area contributed by atoms with Gasteiger partial charge in [-0.05, 0) is 19.4 Å². The monoisotopic (exact) mass is 315 g/mol. The van der Waals surface area contributed by atoms with E-state index < -0.39 is 0 Å². The number of nitrogens with zero attached hydrogens (tertiary/aromatic N) is 4. The van der Waals surface area contributed by atoms with Crippen LogP contribution in [0, 0.1) is 6.92 Å². The second-order valence-electron chi connectivity index (χ2n) is 5.82. The quantitative estimate of drug-likeness (QED) is 0.855. The smallest absolute Gasteiger partial charge is 0.246 e. The summed E-state index contributed by atoms with van der Waals surface area (Å²) in [5.41, 5.74) is 7.65. The number of likely N-dealkylation sites (tertiary alicyclic amines) is 1. The van der Waals surface area contributed by atoms with E-state index in [1.54, 1.807) is 13.3 Å². The Morgan fingerprint density at radius 1 is 1.61 bits per heavy atom. The van der Waals surface area contributed by atoms with E-state index in [2.05, 4.69) is 16.5 Å². The number of fused-ring (bicyclic) bond motifs is 1. The lowest BCUT2D eigenvalue weighted by atomic mass is 10.1. The minimum absolute atomic E-state index is 0.0299. The number of nitrogen functional groups attached to an aromatic ring is 1. The van der Waals surface area contributed by atoms with Crippen LogP contribution in [0.3, 0.4) is 0 Å². The average Bonchev–Trinajstić information content (AvgIpc) is 3.09. The molecule has 0 spiro atoms. The lowest BCUT2D eigenvalue weighted by Gasteiger charge is -2.22. The Hall–Kier alpha value is -2.41. The van der Waals surface area contributed by atoms with E-state index >= 15 is 0 Å². The second-order valence-corrected chi connectivity index (χ2v) is 5.82. The summed E-state index contributed by atoms with van der Waals surface area (Å²) in [6.45, 7) is 6.61. The Bertz CT molecular complexity index is 754. The molecule has 23 heavy (non-hydrogen) atoms. The maximum Gasteiger partial charge on any atom is 0.246 e. The van der Waals surface area contributed by atoms with Crippen molar-refractivity contribution in [1.82, 2.24) is 19.3 Å². The predicted octanol–water partition coefficient (Wildman–Crippen LogP) is 1.14. The van der Waals surface area contributed by atoms with Crippen molar-refractivity contribution in [1.29, 1.82) is 0 Å². The van der Waals surface area contributed by atoms with Crippen molar-refractivity contribution in [2.24, 2.45) is 0 Å². The lowest BCUT2D eigenvalue weighted by molar-refractivity contribution is -0.127. The maximum atomic E-state index is 12.1. The van der Waals surface area contributed by atoms with Crippen LogP contribution in [-0.2, 0) is 9.53 Å². The molecule has 1 amide bonds. The van der Waals surface area contributed by atoms with E-state index in [0.29, 0.717) is 19.0 Å². The Labute approximate surface area is 134 Å². The zero-order valence-corrected chi connectivity index (χ0v) is 13.4. The van der Waals surface area contributed by atoms with Gasteiger partial charge in [0.2, 0.25) is 5.91 Å². The Morgan fingerprint density at radius 3 is 3.09 bits per heavy atom. The van der Waals surface area contributed by atoms with Gasteiger partial charge in [0.25, 0.3) is 0 Å². The molecule has 7 heteroatoms. The minimum atomic E-state index is -0.0756. The summed E-state index contributed by atoms with van der Waals surface area (Å²) in [7, 11) is 1.64. The summed E-state index contributed by atoms with van der Waals surface area (Å²) >= 11 is 0. The van der Waals surface area contributed by atoms with Gasteiger partial charge in [0.1, 0.15) is 17.2 Å². The molecule has 2 aromatic rings. The van der Waals surface area contributed by atoms with Gasteiger partial charge in [-0.2, -0.15) is 0 Å². The fourth-order valence-corrected chi connectivity index (χ4v) is 3.40. The van der Waals surface area contributed by atoms with Gasteiger partial charge in [0.15, 0.2) is 0 Å². The fourth-order valence-electron chi connectivity index (χ4n) is 3.40. The molecular formula is C16H21N5O2. The number of carbonyl (C=O) groups excluding carboxylic acids is 1. The molecule has 7 nitrogen and oxygen atoms in total. The van der Waals surface area contributed by atoms with Crippen molar-refractivity contribution in [3.05, 3.63) is 36.6 Å². The number of carbonyl (C=O) groups is 1. The summed E-state index contributed by atoms with van der Waals surface area (Å²) in [6, 6.07) is 0.0299. The van der Waals surface area contributed by atoms with Gasteiger partial charge in [0.05, 0.1) is 18.3 Å². The zero-order chi connectivity index (χ0) is 16.6. The zero-order valence-electron chi connectivity index (χ0n) is 13.4. The van der Waals surface area contributed by atoms with E-state index in [1.807, 2.05) is 22.4 Å². The third-order valence-electron chi connectivity index (χ3n) is 4.38. The molecule has 0 aromatic carbocycles. The summed E-state index contributed by atoms with van der Waals surface area (Å²) in [6.07, 6.45) is 5.68. The molecule has 1 fully saturated rings. The van der Waals surface area contributed by atoms with E-state index in [4.69, 9.17) is 10.5 Å². The van der Waals surface area contributed by atoms with Crippen LogP contribution in [0.2, 0.25) is 0 Å². The molecule has 2 N–H and O–H groups in total. The molecule has 0 aliphatic carbocycles. The standard InChI is InChI=1S/C16H21N5O2/c1-4-13(22)21-8-11(7-12(21)9-23-3)16-19-10(2)14-15(17)18-5-6-20(14)16/h4-6,11-12H,1,7-9H2,2-3H3,(H2,17,18)/t11?,12-/m1/s1. The number of nitrogens with two attached hydrogens (primary N) is 1. The number of aryl methyl sites for hydroxylation is 1. The molecule has 2 aromatic heterocycles. The number of amides is 1. The molecule has 1 aliphatic rings. The van der Waals surface area contributed by atoms with Crippen molar-refractivity contribution in [2.75, 3.05) is 26.0 Å². The van der Waals surface area contributed by atoms with Gasteiger partial charge in [-0.25, -0.2) is 9.97 Å². The molecule has 0 radical (unpaired) electrons. The summed E-state index contributed by atoms with van der Waals surface area (Å²) in [5.74, 6) is 1.43.